The number of esters is 1. The number of nitro benzene ring substituents is 1. The molecule has 1 heterocycles. The number of nitrogens with zero attached hydrogens (tertiary/aromatic N) is 2. The van der Waals surface area contributed by atoms with Crippen LogP contribution in [0.5, 0.6) is 0 Å². The molecule has 0 aliphatic carbocycles. The number of hydrogen-bond donors (Lipinski definition) is 0. The van der Waals surface area contributed by atoms with Gasteiger partial charge in [0, 0.05) is 18.7 Å². The molecule has 0 bridgehead atoms. The van der Waals surface area contributed by atoms with Crippen molar-refractivity contribution < 1.29 is 22.9 Å². The largest absolute Gasteiger partial charge is 0.468 e. The van der Waals surface area contributed by atoms with E-state index in [4.69, 9.17) is 4.74 Å². The molecule has 0 aromatic heterocycles. The van der Waals surface area contributed by atoms with Crippen LogP contribution in [-0.2, 0) is 19.6 Å². The van der Waals surface area contributed by atoms with E-state index in [1.165, 1.54) is 19.2 Å². The number of hydrogen-bond acceptors (Lipinski definition) is 6. The molecule has 1 aliphatic heterocycles. The lowest BCUT2D eigenvalue weighted by molar-refractivity contribution is -0.384. The normalized spacial score (nSPS) is 20.6. The SMILES string of the molecule is COC(=O)C1CCC/C=C\CN1S(=O)(=O)c1ccc([N+](=O)[O-])cc1. The van der Waals surface area contributed by atoms with Crippen molar-refractivity contribution >= 4 is 21.7 Å². The van der Waals surface area contributed by atoms with Crippen LogP contribution in [0.3, 0.4) is 0 Å². The first-order valence-electron chi connectivity index (χ1n) is 7.37. The van der Waals surface area contributed by atoms with Crippen LogP contribution in [0, 0.1) is 10.1 Å². The van der Waals surface area contributed by atoms with E-state index in [2.05, 4.69) is 0 Å². The Balaban J connectivity index is 2.41. The molecule has 0 radical (unpaired) electrons. The highest BCUT2D eigenvalue weighted by atomic mass is 32.2. The van der Waals surface area contributed by atoms with Gasteiger partial charge in [-0.2, -0.15) is 4.31 Å². The van der Waals surface area contributed by atoms with Crippen molar-refractivity contribution in [1.29, 1.82) is 0 Å². The quantitative estimate of drug-likeness (QED) is 0.353. The van der Waals surface area contributed by atoms with E-state index in [9.17, 15) is 23.3 Å². The van der Waals surface area contributed by atoms with E-state index in [0.29, 0.717) is 12.8 Å². The number of nitro groups is 1. The van der Waals surface area contributed by atoms with Crippen molar-refractivity contribution in [3.05, 3.63) is 46.5 Å². The molecule has 9 heteroatoms. The Morgan fingerprint density at radius 2 is 1.96 bits per heavy atom. The zero-order valence-electron chi connectivity index (χ0n) is 13.1. The summed E-state index contributed by atoms with van der Waals surface area (Å²) in [6, 6.07) is 3.68. The van der Waals surface area contributed by atoms with Gasteiger partial charge in [0.2, 0.25) is 10.0 Å². The highest BCUT2D eigenvalue weighted by molar-refractivity contribution is 7.89. The van der Waals surface area contributed by atoms with E-state index in [1.54, 1.807) is 6.08 Å². The maximum atomic E-state index is 12.9. The van der Waals surface area contributed by atoms with Gasteiger partial charge in [-0.15, -0.1) is 0 Å². The number of rotatable bonds is 4. The van der Waals surface area contributed by atoms with Gasteiger partial charge in [-0.25, -0.2) is 8.42 Å². The predicted octanol–water partition coefficient (Wildman–Crippen LogP) is 1.87. The van der Waals surface area contributed by atoms with Crippen molar-refractivity contribution in [2.75, 3.05) is 13.7 Å². The molecular weight excluding hydrogens is 336 g/mol. The van der Waals surface area contributed by atoms with Gasteiger partial charge in [-0.1, -0.05) is 12.2 Å². The van der Waals surface area contributed by atoms with Gasteiger partial charge in [-0.05, 0) is 31.4 Å². The Morgan fingerprint density at radius 1 is 1.29 bits per heavy atom. The number of ether oxygens (including phenoxy) is 1. The number of non-ortho nitro benzene ring substituents is 1. The van der Waals surface area contributed by atoms with Gasteiger partial charge in [0.15, 0.2) is 0 Å². The van der Waals surface area contributed by atoms with Gasteiger partial charge in [0.25, 0.3) is 5.69 Å². The summed E-state index contributed by atoms with van der Waals surface area (Å²) in [6.07, 6.45) is 5.33. The average molecular weight is 354 g/mol. The Hall–Kier alpha value is -2.26. The molecule has 0 N–H and O–H groups in total. The zero-order valence-corrected chi connectivity index (χ0v) is 13.9. The molecule has 1 aromatic rings. The molecule has 1 atom stereocenters. The molecule has 8 nitrogen and oxygen atoms in total. The second-order valence-corrected chi connectivity index (χ2v) is 7.16. The van der Waals surface area contributed by atoms with Crippen LogP contribution in [0.25, 0.3) is 0 Å². The van der Waals surface area contributed by atoms with Crippen LogP contribution >= 0.6 is 0 Å². The molecule has 24 heavy (non-hydrogen) atoms. The Labute approximate surface area is 139 Å². The lowest BCUT2D eigenvalue weighted by Crippen LogP contribution is -2.46. The Kier molecular flexibility index (Phi) is 5.68. The van der Waals surface area contributed by atoms with E-state index in [1.807, 2.05) is 6.08 Å². The third-order valence-corrected chi connectivity index (χ3v) is 5.66. The molecule has 1 aromatic carbocycles. The second-order valence-electron chi connectivity index (χ2n) is 5.27. The van der Waals surface area contributed by atoms with Gasteiger partial charge in [0.05, 0.1) is 16.9 Å². The highest BCUT2D eigenvalue weighted by Gasteiger charge is 2.36. The van der Waals surface area contributed by atoms with E-state index >= 15 is 0 Å². The first-order chi connectivity index (χ1) is 11.4. The average Bonchev–Trinajstić information content (AvgIpc) is 2.54. The standard InChI is InChI=1S/C15H18N2O6S/c1-23-15(18)14-6-4-2-3-5-11-16(14)24(21,22)13-9-7-12(8-10-13)17(19)20/h3,5,7-10,14H,2,4,6,11H2,1H3/b5-3-. The Bertz CT molecular complexity index is 742. The fraction of sp³-hybridized carbons (Fsp3) is 0.400. The summed E-state index contributed by atoms with van der Waals surface area (Å²) >= 11 is 0. The molecule has 0 saturated carbocycles. The van der Waals surface area contributed by atoms with E-state index < -0.39 is 27.0 Å². The molecule has 1 aliphatic rings. The summed E-state index contributed by atoms with van der Waals surface area (Å²) in [6.45, 7) is 0.0408. The van der Waals surface area contributed by atoms with Gasteiger partial charge < -0.3 is 4.74 Å². The lowest BCUT2D eigenvalue weighted by atomic mass is 10.1. The topological polar surface area (TPSA) is 107 Å². The van der Waals surface area contributed by atoms with Crippen LogP contribution in [-0.4, -0.2) is 43.3 Å². The summed E-state index contributed by atoms with van der Waals surface area (Å²) in [5, 5.41) is 10.7. The number of methoxy groups -OCH3 is 1. The minimum Gasteiger partial charge on any atom is -0.468 e. The monoisotopic (exact) mass is 354 g/mol. The summed E-state index contributed by atoms with van der Waals surface area (Å²) < 4.78 is 31.6. The van der Waals surface area contributed by atoms with Crippen molar-refractivity contribution in [3.63, 3.8) is 0 Å². The maximum Gasteiger partial charge on any atom is 0.324 e. The summed E-state index contributed by atoms with van der Waals surface area (Å²) in [4.78, 5) is 22.0. The second kappa shape index (κ2) is 7.54. The van der Waals surface area contributed by atoms with Gasteiger partial charge in [-0.3, -0.25) is 14.9 Å². The van der Waals surface area contributed by atoms with Crippen molar-refractivity contribution in [2.24, 2.45) is 0 Å². The fourth-order valence-corrected chi connectivity index (χ4v) is 4.07. The zero-order chi connectivity index (χ0) is 17.7. The van der Waals surface area contributed by atoms with Crippen LogP contribution < -0.4 is 0 Å². The summed E-state index contributed by atoms with van der Waals surface area (Å²) in [5.74, 6) is -0.615. The smallest absolute Gasteiger partial charge is 0.324 e. The first kappa shape index (κ1) is 18.1. The fourth-order valence-electron chi connectivity index (χ4n) is 2.51. The molecular formula is C15H18N2O6S. The van der Waals surface area contributed by atoms with Crippen LogP contribution in [0.4, 0.5) is 5.69 Å². The van der Waals surface area contributed by atoms with E-state index in [0.717, 1.165) is 22.9 Å². The van der Waals surface area contributed by atoms with Crippen molar-refractivity contribution in [3.8, 4) is 0 Å². The minimum atomic E-state index is -3.99. The Morgan fingerprint density at radius 3 is 2.54 bits per heavy atom. The number of benzene rings is 1. The highest BCUT2D eigenvalue weighted by Crippen LogP contribution is 2.25. The first-order valence-corrected chi connectivity index (χ1v) is 8.81. The third kappa shape index (κ3) is 3.80. The summed E-state index contributed by atoms with van der Waals surface area (Å²) in [7, 11) is -2.77. The van der Waals surface area contributed by atoms with Crippen LogP contribution in [0.1, 0.15) is 19.3 Å². The number of carbonyl (C=O) groups is 1. The number of allylic oxidation sites excluding steroid dienone is 1. The molecule has 0 amide bonds. The molecule has 0 spiro atoms. The van der Waals surface area contributed by atoms with Gasteiger partial charge in [0.1, 0.15) is 6.04 Å². The van der Waals surface area contributed by atoms with Crippen LogP contribution in [0.15, 0.2) is 41.3 Å². The minimum absolute atomic E-state index is 0.0408. The maximum absolute atomic E-state index is 12.9. The van der Waals surface area contributed by atoms with Crippen LogP contribution in [0.2, 0.25) is 0 Å². The molecule has 0 saturated heterocycles. The lowest BCUT2D eigenvalue weighted by Gasteiger charge is -2.29. The molecule has 2 rings (SSSR count). The predicted molar refractivity (Wildman–Crippen MR) is 85.8 cm³/mol. The third-order valence-electron chi connectivity index (χ3n) is 3.78. The summed E-state index contributed by atoms with van der Waals surface area (Å²) in [5.41, 5.74) is -0.203. The molecule has 130 valence electrons. The number of carbonyl (C=O) groups excluding carboxylic acids is 1. The van der Waals surface area contributed by atoms with Crippen molar-refractivity contribution in [2.45, 2.75) is 30.2 Å². The van der Waals surface area contributed by atoms with Gasteiger partial charge >= 0.3 is 5.97 Å². The number of sulfonamides is 1. The van der Waals surface area contributed by atoms with Crippen molar-refractivity contribution in [1.82, 2.24) is 4.31 Å². The molecule has 0 fully saturated rings. The van der Waals surface area contributed by atoms with E-state index in [-0.39, 0.29) is 17.1 Å². The molecule has 1 unspecified atom stereocenters.